The Morgan fingerprint density at radius 2 is 1.87 bits per heavy atom. The second-order valence-electron chi connectivity index (χ2n) is 8.26. The minimum atomic E-state index is -0.378. The van der Waals surface area contributed by atoms with Gasteiger partial charge in [-0.3, -0.25) is 4.90 Å². The summed E-state index contributed by atoms with van der Waals surface area (Å²) < 4.78 is 26.8. The molecule has 4 rings (SSSR count). The number of rotatable bonds is 7. The van der Waals surface area contributed by atoms with Gasteiger partial charge in [0.25, 0.3) is 0 Å². The zero-order chi connectivity index (χ0) is 21.8. The van der Waals surface area contributed by atoms with Gasteiger partial charge in [0.05, 0.1) is 18.5 Å². The zero-order valence-corrected chi connectivity index (χ0v) is 18.5. The summed E-state index contributed by atoms with van der Waals surface area (Å²) in [5.41, 5.74) is 4.84. The van der Waals surface area contributed by atoms with Crippen LogP contribution in [0, 0.1) is 18.7 Å². The summed E-state index contributed by atoms with van der Waals surface area (Å²) >= 11 is 0. The quantitative estimate of drug-likeness (QED) is 0.544. The van der Waals surface area contributed by atoms with E-state index in [1.165, 1.54) is 13.2 Å². The maximum Gasteiger partial charge on any atom is 0.165 e. The molecular weight excluding hydrogens is 393 g/mol. The van der Waals surface area contributed by atoms with Gasteiger partial charge in [-0.2, -0.15) is 5.10 Å². The van der Waals surface area contributed by atoms with E-state index in [1.54, 1.807) is 13.2 Å². The number of hydrogen-bond acceptors (Lipinski definition) is 4. The third-order valence-corrected chi connectivity index (χ3v) is 6.08. The predicted molar refractivity (Wildman–Crippen MR) is 120 cm³/mol. The molecule has 0 radical (unpaired) electrons. The van der Waals surface area contributed by atoms with E-state index in [4.69, 9.17) is 14.6 Å². The van der Waals surface area contributed by atoms with Crippen LogP contribution in [0.2, 0.25) is 0 Å². The van der Waals surface area contributed by atoms with Crippen LogP contribution in [0.4, 0.5) is 4.39 Å². The van der Waals surface area contributed by atoms with Crippen molar-refractivity contribution in [2.45, 2.75) is 26.3 Å². The molecule has 1 aliphatic rings. The molecule has 0 atom stereocenters. The van der Waals surface area contributed by atoms with Crippen molar-refractivity contribution in [2.75, 3.05) is 33.9 Å². The number of benzene rings is 2. The number of aromatic nitrogens is 2. The molecule has 1 saturated heterocycles. The van der Waals surface area contributed by atoms with E-state index in [1.807, 2.05) is 22.9 Å². The van der Waals surface area contributed by atoms with Crippen molar-refractivity contribution in [1.82, 2.24) is 14.7 Å². The molecule has 0 unspecified atom stereocenters. The van der Waals surface area contributed by atoms with Crippen LogP contribution >= 0.6 is 0 Å². The molecule has 1 fully saturated rings. The van der Waals surface area contributed by atoms with E-state index in [-0.39, 0.29) is 11.6 Å². The van der Waals surface area contributed by atoms with Gasteiger partial charge < -0.3 is 9.47 Å². The van der Waals surface area contributed by atoms with Gasteiger partial charge >= 0.3 is 0 Å². The van der Waals surface area contributed by atoms with Crippen molar-refractivity contribution in [3.63, 3.8) is 0 Å². The van der Waals surface area contributed by atoms with Gasteiger partial charge in [0.15, 0.2) is 11.6 Å². The summed E-state index contributed by atoms with van der Waals surface area (Å²) in [5, 5.41) is 4.88. The van der Waals surface area contributed by atoms with E-state index in [9.17, 15) is 4.39 Å². The number of aryl methyl sites for hydroxylation is 1. The van der Waals surface area contributed by atoms with E-state index in [2.05, 4.69) is 30.2 Å². The molecule has 0 spiro atoms. The zero-order valence-electron chi connectivity index (χ0n) is 18.5. The van der Waals surface area contributed by atoms with E-state index < -0.39 is 0 Å². The molecule has 0 bridgehead atoms. The molecule has 164 valence electrons. The summed E-state index contributed by atoms with van der Waals surface area (Å²) in [7, 11) is 3.25. The van der Waals surface area contributed by atoms with E-state index in [0.29, 0.717) is 5.92 Å². The third-order valence-electron chi connectivity index (χ3n) is 6.08. The van der Waals surface area contributed by atoms with Gasteiger partial charge in [-0.05, 0) is 68.6 Å². The molecule has 1 aliphatic heterocycles. The molecular formula is C25H30FN3O2. The lowest BCUT2D eigenvalue weighted by atomic mass is 9.97. The van der Waals surface area contributed by atoms with Gasteiger partial charge in [-0.1, -0.05) is 18.2 Å². The Morgan fingerprint density at radius 3 is 2.55 bits per heavy atom. The molecule has 2 aromatic carbocycles. The number of ether oxygens (including phenoxy) is 2. The Bertz CT molecular complexity index is 1030. The molecule has 31 heavy (non-hydrogen) atoms. The molecule has 3 aromatic rings. The monoisotopic (exact) mass is 423 g/mol. The first-order valence-corrected chi connectivity index (χ1v) is 10.8. The second kappa shape index (κ2) is 9.62. The molecule has 0 amide bonds. The highest BCUT2D eigenvalue weighted by Gasteiger charge is 2.22. The van der Waals surface area contributed by atoms with Crippen molar-refractivity contribution in [3.8, 4) is 22.7 Å². The topological polar surface area (TPSA) is 39.5 Å². The minimum Gasteiger partial charge on any atom is -0.494 e. The SMILES string of the molecule is COCC1CCN(Cc2cn(-c3ccccc3C)nc2-c2ccc(OC)c(F)c2)CC1. The van der Waals surface area contributed by atoms with Crippen LogP contribution in [0.25, 0.3) is 16.9 Å². The summed E-state index contributed by atoms with van der Waals surface area (Å²) in [6, 6.07) is 13.2. The average molecular weight is 424 g/mol. The molecule has 2 heterocycles. The van der Waals surface area contributed by atoms with Crippen LogP contribution in [-0.4, -0.2) is 48.6 Å². The maximum atomic E-state index is 14.5. The van der Waals surface area contributed by atoms with Crippen LogP contribution in [-0.2, 0) is 11.3 Å². The Balaban J connectivity index is 1.66. The molecule has 0 aliphatic carbocycles. The van der Waals surface area contributed by atoms with Crippen LogP contribution in [0.1, 0.15) is 24.0 Å². The van der Waals surface area contributed by atoms with Crippen molar-refractivity contribution in [2.24, 2.45) is 5.92 Å². The predicted octanol–water partition coefficient (Wildman–Crippen LogP) is 4.85. The maximum absolute atomic E-state index is 14.5. The van der Waals surface area contributed by atoms with Crippen LogP contribution in [0.3, 0.4) is 0 Å². The standard InChI is InChI=1S/C25H30FN3O2/c1-18-6-4-5-7-23(18)29-16-21(15-28-12-10-19(11-13-28)17-30-2)25(27-29)20-8-9-24(31-3)22(26)14-20/h4-9,14,16,19H,10-13,15,17H2,1-3H3. The number of likely N-dealkylation sites (tertiary alicyclic amines) is 1. The number of piperidine rings is 1. The van der Waals surface area contributed by atoms with E-state index >= 15 is 0 Å². The summed E-state index contributed by atoms with van der Waals surface area (Å²) in [4.78, 5) is 2.45. The van der Waals surface area contributed by atoms with Crippen molar-refractivity contribution in [3.05, 3.63) is 65.6 Å². The summed E-state index contributed by atoms with van der Waals surface area (Å²) in [5.74, 6) is 0.492. The van der Waals surface area contributed by atoms with Gasteiger partial charge in [-0.15, -0.1) is 0 Å². The van der Waals surface area contributed by atoms with Crippen molar-refractivity contribution < 1.29 is 13.9 Å². The summed E-state index contributed by atoms with van der Waals surface area (Å²) in [6.45, 7) is 5.74. The summed E-state index contributed by atoms with van der Waals surface area (Å²) in [6.07, 6.45) is 4.35. The minimum absolute atomic E-state index is 0.240. The number of halogens is 1. The fraction of sp³-hybridized carbons (Fsp3) is 0.400. The number of hydrogen-bond donors (Lipinski definition) is 0. The van der Waals surface area contributed by atoms with Crippen molar-refractivity contribution in [1.29, 1.82) is 0 Å². The first-order chi connectivity index (χ1) is 15.1. The van der Waals surface area contributed by atoms with Gasteiger partial charge in [-0.25, -0.2) is 9.07 Å². The lowest BCUT2D eigenvalue weighted by Gasteiger charge is -2.31. The Labute approximate surface area is 183 Å². The molecule has 0 N–H and O–H groups in total. The Kier molecular flexibility index (Phi) is 6.68. The second-order valence-corrected chi connectivity index (χ2v) is 8.26. The first kappa shape index (κ1) is 21.5. The lowest BCUT2D eigenvalue weighted by molar-refractivity contribution is 0.0969. The van der Waals surface area contributed by atoms with Crippen molar-refractivity contribution >= 4 is 0 Å². The van der Waals surface area contributed by atoms with Crippen LogP contribution in [0.15, 0.2) is 48.7 Å². The van der Waals surface area contributed by atoms with Gasteiger partial charge in [0.2, 0.25) is 0 Å². The van der Waals surface area contributed by atoms with Gasteiger partial charge in [0.1, 0.15) is 0 Å². The van der Waals surface area contributed by atoms with Crippen LogP contribution in [0.5, 0.6) is 5.75 Å². The smallest absolute Gasteiger partial charge is 0.165 e. The molecule has 6 heteroatoms. The fourth-order valence-corrected chi connectivity index (χ4v) is 4.31. The average Bonchev–Trinajstić information content (AvgIpc) is 3.19. The third kappa shape index (κ3) is 4.81. The largest absolute Gasteiger partial charge is 0.494 e. The highest BCUT2D eigenvalue weighted by atomic mass is 19.1. The Morgan fingerprint density at radius 1 is 1.10 bits per heavy atom. The first-order valence-electron chi connectivity index (χ1n) is 10.8. The molecule has 5 nitrogen and oxygen atoms in total. The van der Waals surface area contributed by atoms with E-state index in [0.717, 1.165) is 67.2 Å². The van der Waals surface area contributed by atoms with Crippen LogP contribution < -0.4 is 4.74 Å². The highest BCUT2D eigenvalue weighted by Crippen LogP contribution is 2.30. The lowest BCUT2D eigenvalue weighted by Crippen LogP contribution is -2.34. The highest BCUT2D eigenvalue weighted by molar-refractivity contribution is 5.64. The van der Waals surface area contributed by atoms with Gasteiger partial charge in [0, 0.05) is 37.6 Å². The number of para-hydroxylation sites is 1. The molecule has 0 saturated carbocycles. The Hall–Kier alpha value is -2.70. The number of nitrogens with zero attached hydrogens (tertiary/aromatic N) is 3. The molecule has 1 aromatic heterocycles. The number of methoxy groups -OCH3 is 2. The fourth-order valence-electron chi connectivity index (χ4n) is 4.31. The normalized spacial score (nSPS) is 15.4.